The van der Waals surface area contributed by atoms with E-state index in [1.807, 2.05) is 12.1 Å². The largest absolute Gasteiger partial charge is 0.507 e. The van der Waals surface area contributed by atoms with Crippen molar-refractivity contribution in [2.24, 2.45) is 0 Å². The van der Waals surface area contributed by atoms with E-state index in [4.69, 9.17) is 0 Å². The number of nitrogens with one attached hydrogen (secondary N) is 1. The molecular formula is C12H17BrN2O. The lowest BCUT2D eigenvalue weighted by molar-refractivity contribution is 0.244. The monoisotopic (exact) mass is 284 g/mol. The Bertz CT molecular complexity index is 351. The molecule has 0 bridgehead atoms. The van der Waals surface area contributed by atoms with Crippen molar-refractivity contribution in [3.05, 3.63) is 28.2 Å². The summed E-state index contributed by atoms with van der Waals surface area (Å²) in [7, 11) is 0. The van der Waals surface area contributed by atoms with Gasteiger partial charge in [0.15, 0.2) is 0 Å². The van der Waals surface area contributed by atoms with Gasteiger partial charge in [-0.25, -0.2) is 0 Å². The molecule has 0 radical (unpaired) electrons. The number of phenols is 1. The van der Waals surface area contributed by atoms with Crippen LogP contribution in [-0.2, 0) is 6.42 Å². The summed E-state index contributed by atoms with van der Waals surface area (Å²) >= 11 is 3.34. The fraction of sp³-hybridized carbons (Fsp3) is 0.500. The second-order valence-corrected chi connectivity index (χ2v) is 4.98. The number of hydrogen-bond donors (Lipinski definition) is 2. The van der Waals surface area contributed by atoms with E-state index in [0.29, 0.717) is 5.75 Å². The minimum atomic E-state index is 0.311. The van der Waals surface area contributed by atoms with Crippen LogP contribution in [0.15, 0.2) is 22.7 Å². The van der Waals surface area contributed by atoms with E-state index < -0.39 is 0 Å². The molecule has 0 atom stereocenters. The van der Waals surface area contributed by atoms with Crippen LogP contribution in [0.25, 0.3) is 0 Å². The van der Waals surface area contributed by atoms with Gasteiger partial charge < -0.3 is 15.3 Å². The molecule has 1 aromatic carbocycles. The summed E-state index contributed by atoms with van der Waals surface area (Å²) in [4.78, 5) is 2.47. The molecule has 0 aliphatic carbocycles. The molecule has 1 heterocycles. The maximum Gasteiger partial charge on any atom is 0.129 e. The van der Waals surface area contributed by atoms with Crippen molar-refractivity contribution in [2.45, 2.75) is 6.42 Å². The maximum absolute atomic E-state index is 9.40. The fourth-order valence-electron chi connectivity index (χ4n) is 1.93. The number of phenolic OH excluding ortho intramolecular Hbond substituents is 1. The van der Waals surface area contributed by atoms with Gasteiger partial charge in [0.25, 0.3) is 0 Å². The first-order valence-corrected chi connectivity index (χ1v) is 6.45. The van der Waals surface area contributed by atoms with Crippen molar-refractivity contribution in [1.29, 1.82) is 0 Å². The molecular weight excluding hydrogens is 268 g/mol. The third kappa shape index (κ3) is 3.20. The highest BCUT2D eigenvalue weighted by Gasteiger charge is 2.09. The summed E-state index contributed by atoms with van der Waals surface area (Å²) in [6.07, 6.45) is 1.04. The number of halogens is 1. The highest BCUT2D eigenvalue weighted by Crippen LogP contribution is 2.24. The molecule has 16 heavy (non-hydrogen) atoms. The van der Waals surface area contributed by atoms with Gasteiger partial charge in [-0.15, -0.1) is 0 Å². The Morgan fingerprint density at radius 3 is 2.75 bits per heavy atom. The van der Waals surface area contributed by atoms with Crippen LogP contribution in [0.4, 0.5) is 0 Å². The van der Waals surface area contributed by atoms with E-state index in [1.165, 1.54) is 5.56 Å². The van der Waals surface area contributed by atoms with Gasteiger partial charge >= 0.3 is 0 Å². The summed E-state index contributed by atoms with van der Waals surface area (Å²) in [5.41, 5.74) is 1.27. The molecule has 0 aromatic heterocycles. The summed E-state index contributed by atoms with van der Waals surface area (Å²) in [6, 6.07) is 5.73. The average Bonchev–Trinajstić information content (AvgIpc) is 2.32. The van der Waals surface area contributed by atoms with Crippen molar-refractivity contribution in [3.63, 3.8) is 0 Å². The topological polar surface area (TPSA) is 35.5 Å². The zero-order valence-electron chi connectivity index (χ0n) is 9.25. The van der Waals surface area contributed by atoms with Gasteiger partial charge in [0.1, 0.15) is 5.75 Å². The van der Waals surface area contributed by atoms with Gasteiger partial charge in [0.2, 0.25) is 0 Å². The Kier molecular flexibility index (Phi) is 4.21. The van der Waals surface area contributed by atoms with E-state index in [1.54, 1.807) is 6.07 Å². The Morgan fingerprint density at radius 2 is 2.06 bits per heavy atom. The van der Waals surface area contributed by atoms with Gasteiger partial charge in [-0.2, -0.15) is 0 Å². The Hall–Kier alpha value is -0.580. The molecule has 0 unspecified atom stereocenters. The normalized spacial score (nSPS) is 17.6. The smallest absolute Gasteiger partial charge is 0.129 e. The van der Waals surface area contributed by atoms with Gasteiger partial charge in [0, 0.05) is 32.7 Å². The van der Waals surface area contributed by atoms with Gasteiger partial charge in [-0.05, 0) is 40.0 Å². The van der Waals surface area contributed by atoms with Crippen LogP contribution in [0, 0.1) is 0 Å². The predicted octanol–water partition coefficient (Wildman–Crippen LogP) is 1.60. The minimum absolute atomic E-state index is 0.311. The maximum atomic E-state index is 9.40. The Morgan fingerprint density at radius 1 is 1.31 bits per heavy atom. The van der Waals surface area contributed by atoms with Gasteiger partial charge in [-0.3, -0.25) is 0 Å². The molecule has 2 N–H and O–H groups in total. The standard InChI is InChI=1S/C12H17BrN2O/c13-11-9-10(1-2-12(11)16)3-6-15-7-4-14-5-8-15/h1-2,9,14,16H,3-8H2. The van der Waals surface area contributed by atoms with Crippen LogP contribution in [0.3, 0.4) is 0 Å². The van der Waals surface area contributed by atoms with E-state index in [9.17, 15) is 5.11 Å². The van der Waals surface area contributed by atoms with Crippen molar-refractivity contribution in [2.75, 3.05) is 32.7 Å². The summed E-state index contributed by atoms with van der Waals surface area (Å²) < 4.78 is 0.783. The number of hydrogen-bond acceptors (Lipinski definition) is 3. The van der Waals surface area contributed by atoms with Crippen molar-refractivity contribution >= 4 is 15.9 Å². The first-order valence-electron chi connectivity index (χ1n) is 5.66. The van der Waals surface area contributed by atoms with Crippen LogP contribution in [0.5, 0.6) is 5.75 Å². The average molecular weight is 285 g/mol. The molecule has 1 fully saturated rings. The predicted molar refractivity (Wildman–Crippen MR) is 68.8 cm³/mol. The third-order valence-electron chi connectivity index (χ3n) is 2.94. The molecule has 1 saturated heterocycles. The molecule has 3 nitrogen and oxygen atoms in total. The number of rotatable bonds is 3. The van der Waals surface area contributed by atoms with Gasteiger partial charge in [-0.1, -0.05) is 6.07 Å². The number of nitrogens with zero attached hydrogens (tertiary/aromatic N) is 1. The lowest BCUT2D eigenvalue weighted by atomic mass is 10.1. The third-order valence-corrected chi connectivity index (χ3v) is 3.57. The fourth-order valence-corrected chi connectivity index (χ4v) is 2.35. The lowest BCUT2D eigenvalue weighted by Crippen LogP contribution is -2.44. The van der Waals surface area contributed by atoms with Crippen LogP contribution in [-0.4, -0.2) is 42.7 Å². The van der Waals surface area contributed by atoms with E-state index in [0.717, 1.165) is 43.6 Å². The number of benzene rings is 1. The van der Waals surface area contributed by atoms with Crippen LogP contribution in [0.2, 0.25) is 0 Å². The van der Waals surface area contributed by atoms with E-state index >= 15 is 0 Å². The molecule has 4 heteroatoms. The quantitative estimate of drug-likeness (QED) is 0.885. The zero-order chi connectivity index (χ0) is 11.4. The molecule has 0 amide bonds. The van der Waals surface area contributed by atoms with Crippen LogP contribution >= 0.6 is 15.9 Å². The second kappa shape index (κ2) is 5.66. The summed E-state index contributed by atoms with van der Waals surface area (Å²) in [5, 5.41) is 12.7. The SMILES string of the molecule is Oc1ccc(CCN2CCNCC2)cc1Br. The molecule has 2 rings (SSSR count). The second-order valence-electron chi connectivity index (χ2n) is 4.13. The summed E-state index contributed by atoms with van der Waals surface area (Å²) in [5.74, 6) is 0.311. The lowest BCUT2D eigenvalue weighted by Gasteiger charge is -2.27. The Balaban J connectivity index is 1.86. The Labute approximate surface area is 105 Å². The highest BCUT2D eigenvalue weighted by molar-refractivity contribution is 9.10. The van der Waals surface area contributed by atoms with Gasteiger partial charge in [0.05, 0.1) is 4.47 Å². The summed E-state index contributed by atoms with van der Waals surface area (Å²) in [6.45, 7) is 5.57. The molecule has 88 valence electrons. The molecule has 0 spiro atoms. The van der Waals surface area contributed by atoms with Crippen LogP contribution in [0.1, 0.15) is 5.56 Å². The molecule has 1 aliphatic rings. The zero-order valence-corrected chi connectivity index (χ0v) is 10.8. The van der Waals surface area contributed by atoms with E-state index in [2.05, 4.69) is 26.1 Å². The molecule has 0 saturated carbocycles. The first kappa shape index (κ1) is 11.9. The van der Waals surface area contributed by atoms with E-state index in [-0.39, 0.29) is 0 Å². The first-order chi connectivity index (χ1) is 7.75. The number of aromatic hydroxyl groups is 1. The van der Waals surface area contributed by atoms with Crippen molar-refractivity contribution < 1.29 is 5.11 Å². The number of piperazine rings is 1. The highest BCUT2D eigenvalue weighted by atomic mass is 79.9. The van der Waals surface area contributed by atoms with Crippen LogP contribution < -0.4 is 5.32 Å². The van der Waals surface area contributed by atoms with Crippen molar-refractivity contribution in [1.82, 2.24) is 10.2 Å². The van der Waals surface area contributed by atoms with Crippen molar-refractivity contribution in [3.8, 4) is 5.75 Å². The minimum Gasteiger partial charge on any atom is -0.507 e. The molecule has 1 aliphatic heterocycles. The molecule has 1 aromatic rings.